The molecule has 0 bridgehead atoms. The van der Waals surface area contributed by atoms with Gasteiger partial charge in [-0.2, -0.15) is 0 Å². The third kappa shape index (κ3) is 2.48. The molecule has 0 unspecified atom stereocenters. The molecule has 0 amide bonds. The highest BCUT2D eigenvalue weighted by molar-refractivity contribution is 4.74. The first-order valence-corrected chi connectivity index (χ1v) is 4.92. The molecular weight excluding hydrogens is 136 g/mol. The van der Waals surface area contributed by atoms with Crippen LogP contribution in [0.2, 0.25) is 0 Å². The Morgan fingerprint density at radius 3 is 2.18 bits per heavy atom. The Labute approximate surface area is 69.8 Å². The van der Waals surface area contributed by atoms with Crippen molar-refractivity contribution >= 4 is 0 Å². The summed E-state index contributed by atoms with van der Waals surface area (Å²) in [7, 11) is 0. The molecule has 0 aromatic heterocycles. The van der Waals surface area contributed by atoms with Gasteiger partial charge < -0.3 is 5.11 Å². The van der Waals surface area contributed by atoms with Gasteiger partial charge in [-0.1, -0.05) is 26.2 Å². The standard InChI is InChI=1S/C10H20O/c1-3-9-4-6-10(7-5-9)8(2)11/h8-11H,3-7H2,1-2H3/t8-,9?,10?/m0/s1. The van der Waals surface area contributed by atoms with Crippen LogP contribution in [0.1, 0.15) is 46.0 Å². The third-order valence-corrected chi connectivity index (χ3v) is 3.15. The Morgan fingerprint density at radius 2 is 1.82 bits per heavy atom. The van der Waals surface area contributed by atoms with E-state index in [1.165, 1.54) is 32.1 Å². The molecule has 1 nitrogen and oxygen atoms in total. The van der Waals surface area contributed by atoms with Crippen molar-refractivity contribution in [3.8, 4) is 0 Å². The molecule has 0 spiro atoms. The molecule has 66 valence electrons. The SMILES string of the molecule is CCC1CCC([C@H](C)O)CC1. The average Bonchev–Trinajstić information content (AvgIpc) is 2.05. The molecule has 1 aliphatic rings. The summed E-state index contributed by atoms with van der Waals surface area (Å²) in [5, 5.41) is 9.34. The summed E-state index contributed by atoms with van der Waals surface area (Å²) in [4.78, 5) is 0. The molecular formula is C10H20O. The van der Waals surface area contributed by atoms with E-state index in [-0.39, 0.29) is 6.10 Å². The van der Waals surface area contributed by atoms with E-state index in [1.54, 1.807) is 0 Å². The summed E-state index contributed by atoms with van der Waals surface area (Å²) in [6.07, 6.45) is 6.42. The van der Waals surface area contributed by atoms with E-state index in [4.69, 9.17) is 0 Å². The van der Waals surface area contributed by atoms with Crippen molar-refractivity contribution in [2.75, 3.05) is 0 Å². The average molecular weight is 156 g/mol. The lowest BCUT2D eigenvalue weighted by Gasteiger charge is -2.29. The maximum atomic E-state index is 9.34. The van der Waals surface area contributed by atoms with E-state index in [0.29, 0.717) is 5.92 Å². The van der Waals surface area contributed by atoms with Gasteiger partial charge in [-0.25, -0.2) is 0 Å². The minimum atomic E-state index is -0.0761. The zero-order chi connectivity index (χ0) is 8.27. The highest BCUT2D eigenvalue weighted by atomic mass is 16.3. The summed E-state index contributed by atoms with van der Waals surface area (Å²) in [5.74, 6) is 1.54. The molecule has 0 heterocycles. The van der Waals surface area contributed by atoms with Crippen molar-refractivity contribution in [1.29, 1.82) is 0 Å². The summed E-state index contributed by atoms with van der Waals surface area (Å²) in [6.45, 7) is 4.20. The highest BCUT2D eigenvalue weighted by Gasteiger charge is 2.22. The zero-order valence-electron chi connectivity index (χ0n) is 7.71. The normalized spacial score (nSPS) is 35.2. The number of hydrogen-bond acceptors (Lipinski definition) is 1. The Morgan fingerprint density at radius 1 is 1.27 bits per heavy atom. The predicted octanol–water partition coefficient (Wildman–Crippen LogP) is 2.58. The fraction of sp³-hybridized carbons (Fsp3) is 1.00. The maximum absolute atomic E-state index is 9.34. The molecule has 1 rings (SSSR count). The van der Waals surface area contributed by atoms with Crippen molar-refractivity contribution in [2.24, 2.45) is 11.8 Å². The van der Waals surface area contributed by atoms with Gasteiger partial charge in [0.15, 0.2) is 0 Å². The molecule has 0 saturated heterocycles. The predicted molar refractivity (Wildman–Crippen MR) is 47.4 cm³/mol. The fourth-order valence-electron chi connectivity index (χ4n) is 2.08. The van der Waals surface area contributed by atoms with Gasteiger partial charge in [0.1, 0.15) is 0 Å². The van der Waals surface area contributed by atoms with Crippen LogP contribution in [0.25, 0.3) is 0 Å². The van der Waals surface area contributed by atoms with Crippen LogP contribution in [0.4, 0.5) is 0 Å². The van der Waals surface area contributed by atoms with Crippen LogP contribution < -0.4 is 0 Å². The second-order valence-corrected chi connectivity index (χ2v) is 3.93. The second kappa shape index (κ2) is 4.10. The number of aliphatic hydroxyl groups is 1. The lowest BCUT2D eigenvalue weighted by atomic mass is 9.79. The van der Waals surface area contributed by atoms with Crippen LogP contribution >= 0.6 is 0 Å². The minimum Gasteiger partial charge on any atom is -0.393 e. The number of aliphatic hydroxyl groups excluding tert-OH is 1. The van der Waals surface area contributed by atoms with E-state index in [0.717, 1.165) is 5.92 Å². The topological polar surface area (TPSA) is 20.2 Å². The molecule has 1 heteroatoms. The van der Waals surface area contributed by atoms with Crippen molar-refractivity contribution < 1.29 is 5.11 Å². The maximum Gasteiger partial charge on any atom is 0.0540 e. The monoisotopic (exact) mass is 156 g/mol. The molecule has 0 radical (unpaired) electrons. The zero-order valence-corrected chi connectivity index (χ0v) is 7.71. The molecule has 0 aromatic carbocycles. The Kier molecular flexibility index (Phi) is 3.38. The van der Waals surface area contributed by atoms with Crippen molar-refractivity contribution in [3.05, 3.63) is 0 Å². The molecule has 1 saturated carbocycles. The lowest BCUT2D eigenvalue weighted by Crippen LogP contribution is -2.22. The first-order chi connectivity index (χ1) is 5.24. The van der Waals surface area contributed by atoms with Crippen LogP contribution in [0.15, 0.2) is 0 Å². The molecule has 11 heavy (non-hydrogen) atoms. The van der Waals surface area contributed by atoms with Gasteiger partial charge in [0.2, 0.25) is 0 Å². The highest BCUT2D eigenvalue weighted by Crippen LogP contribution is 2.32. The van der Waals surface area contributed by atoms with Gasteiger partial charge >= 0.3 is 0 Å². The summed E-state index contributed by atoms with van der Waals surface area (Å²) in [6, 6.07) is 0. The van der Waals surface area contributed by atoms with Crippen LogP contribution in [0.5, 0.6) is 0 Å². The van der Waals surface area contributed by atoms with E-state index < -0.39 is 0 Å². The van der Waals surface area contributed by atoms with Crippen LogP contribution in [-0.2, 0) is 0 Å². The van der Waals surface area contributed by atoms with E-state index in [2.05, 4.69) is 6.92 Å². The van der Waals surface area contributed by atoms with E-state index in [1.807, 2.05) is 6.92 Å². The summed E-state index contributed by atoms with van der Waals surface area (Å²) < 4.78 is 0. The molecule has 0 aliphatic heterocycles. The number of rotatable bonds is 2. The quantitative estimate of drug-likeness (QED) is 0.651. The van der Waals surface area contributed by atoms with Crippen LogP contribution in [-0.4, -0.2) is 11.2 Å². The molecule has 0 aromatic rings. The number of hydrogen-bond donors (Lipinski definition) is 1. The van der Waals surface area contributed by atoms with Gasteiger partial charge in [0.05, 0.1) is 6.10 Å². The van der Waals surface area contributed by atoms with Gasteiger partial charge in [-0.3, -0.25) is 0 Å². The fourth-order valence-corrected chi connectivity index (χ4v) is 2.08. The van der Waals surface area contributed by atoms with Gasteiger partial charge in [-0.05, 0) is 31.6 Å². The Bertz CT molecular complexity index is 101. The third-order valence-electron chi connectivity index (χ3n) is 3.15. The van der Waals surface area contributed by atoms with E-state index in [9.17, 15) is 5.11 Å². The van der Waals surface area contributed by atoms with Gasteiger partial charge in [0, 0.05) is 0 Å². The first kappa shape index (κ1) is 9.05. The van der Waals surface area contributed by atoms with Crippen molar-refractivity contribution in [1.82, 2.24) is 0 Å². The first-order valence-electron chi connectivity index (χ1n) is 4.92. The van der Waals surface area contributed by atoms with Crippen molar-refractivity contribution in [2.45, 2.75) is 52.1 Å². The minimum absolute atomic E-state index is 0.0761. The molecule has 1 aliphatic carbocycles. The Balaban J connectivity index is 2.24. The largest absolute Gasteiger partial charge is 0.393 e. The summed E-state index contributed by atoms with van der Waals surface area (Å²) in [5.41, 5.74) is 0. The second-order valence-electron chi connectivity index (χ2n) is 3.93. The summed E-state index contributed by atoms with van der Waals surface area (Å²) >= 11 is 0. The lowest BCUT2D eigenvalue weighted by molar-refractivity contribution is 0.0880. The smallest absolute Gasteiger partial charge is 0.0540 e. The molecule has 1 atom stereocenters. The molecule has 1 fully saturated rings. The van der Waals surface area contributed by atoms with Gasteiger partial charge in [-0.15, -0.1) is 0 Å². The van der Waals surface area contributed by atoms with E-state index >= 15 is 0 Å². The van der Waals surface area contributed by atoms with Crippen LogP contribution in [0, 0.1) is 11.8 Å². The van der Waals surface area contributed by atoms with Gasteiger partial charge in [0.25, 0.3) is 0 Å². The molecule has 1 N–H and O–H groups in total. The Hall–Kier alpha value is -0.0400. The van der Waals surface area contributed by atoms with Crippen LogP contribution in [0.3, 0.4) is 0 Å². The van der Waals surface area contributed by atoms with Crippen molar-refractivity contribution in [3.63, 3.8) is 0 Å².